The van der Waals surface area contributed by atoms with E-state index in [9.17, 15) is 14.7 Å². The van der Waals surface area contributed by atoms with Crippen molar-refractivity contribution in [1.82, 2.24) is 4.98 Å². The number of aliphatic hydroxyl groups is 1. The van der Waals surface area contributed by atoms with Gasteiger partial charge in [-0.15, -0.1) is 0 Å². The number of benzene rings is 2. The molecule has 8 heteroatoms. The number of aliphatic hydroxyl groups excluding tert-OH is 1. The molecule has 1 N–H and O–H groups in total. The van der Waals surface area contributed by atoms with Gasteiger partial charge in [0.05, 0.1) is 18.2 Å². The van der Waals surface area contributed by atoms with Crippen molar-refractivity contribution in [3.05, 3.63) is 83.6 Å². The predicted octanol–water partition coefficient (Wildman–Crippen LogP) is 4.66. The number of aromatic nitrogens is 1. The van der Waals surface area contributed by atoms with Crippen LogP contribution in [0.3, 0.4) is 0 Å². The zero-order chi connectivity index (χ0) is 25.1. The van der Waals surface area contributed by atoms with Gasteiger partial charge in [-0.2, -0.15) is 0 Å². The van der Waals surface area contributed by atoms with Gasteiger partial charge in [0.15, 0.2) is 11.5 Å². The summed E-state index contributed by atoms with van der Waals surface area (Å²) in [5.41, 5.74) is 0.964. The molecular weight excluding hydrogens is 460 g/mol. The van der Waals surface area contributed by atoms with E-state index in [1.54, 1.807) is 66.9 Å². The van der Waals surface area contributed by atoms with Crippen LogP contribution in [-0.2, 0) is 9.59 Å². The molecule has 0 spiro atoms. The van der Waals surface area contributed by atoms with E-state index in [-0.39, 0.29) is 11.3 Å². The van der Waals surface area contributed by atoms with Crippen LogP contribution in [0.5, 0.6) is 17.2 Å². The third-order valence-corrected chi connectivity index (χ3v) is 6.12. The van der Waals surface area contributed by atoms with Gasteiger partial charge in [-0.3, -0.25) is 14.5 Å². The lowest BCUT2D eigenvalue weighted by Crippen LogP contribution is -2.30. The van der Waals surface area contributed by atoms with Crippen molar-refractivity contribution in [2.24, 2.45) is 0 Å². The number of nitrogens with zero attached hydrogens (tertiary/aromatic N) is 2. The molecule has 3 aromatic rings. The van der Waals surface area contributed by atoms with Crippen LogP contribution in [0.15, 0.2) is 72.4 Å². The number of ether oxygens (including phenoxy) is 3. The van der Waals surface area contributed by atoms with Gasteiger partial charge in [0, 0.05) is 11.8 Å². The van der Waals surface area contributed by atoms with Gasteiger partial charge in [0.25, 0.3) is 5.78 Å². The fraction of sp³-hybridized carbons (Fsp3) is 0.250. The quantitative estimate of drug-likeness (QED) is 0.225. The van der Waals surface area contributed by atoms with Crippen molar-refractivity contribution in [2.75, 3.05) is 24.7 Å². The Morgan fingerprint density at radius 1 is 1.06 bits per heavy atom. The van der Waals surface area contributed by atoms with Crippen LogP contribution in [-0.4, -0.2) is 41.6 Å². The van der Waals surface area contributed by atoms with E-state index >= 15 is 0 Å². The minimum atomic E-state index is -0.877. The van der Waals surface area contributed by atoms with Gasteiger partial charge in [-0.05, 0) is 54.4 Å². The average Bonchev–Trinajstić information content (AvgIpc) is 3.19. The highest BCUT2D eigenvalue weighted by molar-refractivity contribution is 6.51. The van der Waals surface area contributed by atoms with Crippen LogP contribution in [0.4, 0.5) is 5.82 Å². The molecular formula is C28H26N2O6. The normalized spacial score (nSPS) is 18.4. The second kappa shape index (κ2) is 10.1. The highest BCUT2D eigenvalue weighted by Crippen LogP contribution is 2.43. The molecule has 1 amide bonds. The maximum absolute atomic E-state index is 13.3. The van der Waals surface area contributed by atoms with Crippen molar-refractivity contribution in [2.45, 2.75) is 25.8 Å². The number of Topliss-reactive ketones (excluding diaryl/α,β-unsaturated/α-hetero) is 1. The SMILES string of the molecule is CCCCOc1ccc(C2/C(=C(\O)c3ccc4c(c3)OCCO4)C(=O)C(=O)N2c2ccccn2)cc1. The van der Waals surface area contributed by atoms with Crippen molar-refractivity contribution in [1.29, 1.82) is 0 Å². The van der Waals surface area contributed by atoms with Crippen LogP contribution in [0.2, 0.25) is 0 Å². The molecule has 0 bridgehead atoms. The predicted molar refractivity (Wildman–Crippen MR) is 133 cm³/mol. The van der Waals surface area contributed by atoms with Crippen molar-refractivity contribution >= 4 is 23.3 Å². The number of carbonyl (C=O) groups is 2. The molecule has 2 aliphatic heterocycles. The lowest BCUT2D eigenvalue weighted by atomic mass is 9.95. The lowest BCUT2D eigenvalue weighted by Gasteiger charge is -2.24. The number of pyridine rings is 1. The van der Waals surface area contributed by atoms with E-state index in [1.807, 2.05) is 0 Å². The molecule has 36 heavy (non-hydrogen) atoms. The smallest absolute Gasteiger partial charge is 0.301 e. The first kappa shape index (κ1) is 23.4. The maximum atomic E-state index is 13.3. The Kier molecular flexibility index (Phi) is 6.58. The van der Waals surface area contributed by atoms with Crippen LogP contribution in [0, 0.1) is 0 Å². The Bertz CT molecular complexity index is 1300. The fourth-order valence-electron chi connectivity index (χ4n) is 4.31. The highest BCUT2D eigenvalue weighted by Gasteiger charge is 2.47. The van der Waals surface area contributed by atoms with E-state index < -0.39 is 17.7 Å². The van der Waals surface area contributed by atoms with E-state index in [2.05, 4.69) is 11.9 Å². The number of anilines is 1. The van der Waals surface area contributed by atoms with Crippen LogP contribution >= 0.6 is 0 Å². The molecule has 0 saturated carbocycles. The average molecular weight is 487 g/mol. The molecule has 5 rings (SSSR count). The lowest BCUT2D eigenvalue weighted by molar-refractivity contribution is -0.132. The van der Waals surface area contributed by atoms with Crippen LogP contribution in [0.1, 0.15) is 36.9 Å². The Labute approximate surface area is 208 Å². The maximum Gasteiger partial charge on any atom is 0.301 e. The van der Waals surface area contributed by atoms with Crippen LogP contribution in [0.25, 0.3) is 5.76 Å². The molecule has 184 valence electrons. The monoisotopic (exact) mass is 486 g/mol. The molecule has 2 aromatic carbocycles. The zero-order valence-corrected chi connectivity index (χ0v) is 19.8. The summed E-state index contributed by atoms with van der Waals surface area (Å²) in [5, 5.41) is 11.3. The molecule has 0 aliphatic carbocycles. The number of unbranched alkanes of at least 4 members (excludes halogenated alkanes) is 1. The second-order valence-electron chi connectivity index (χ2n) is 8.49. The first-order valence-corrected chi connectivity index (χ1v) is 11.9. The minimum Gasteiger partial charge on any atom is -0.507 e. The molecule has 1 aromatic heterocycles. The number of fused-ring (bicyclic) bond motifs is 1. The minimum absolute atomic E-state index is 0.0259. The number of carbonyl (C=O) groups excluding carboxylic acids is 2. The molecule has 1 fully saturated rings. The van der Waals surface area contributed by atoms with E-state index in [1.165, 1.54) is 4.90 Å². The Morgan fingerprint density at radius 3 is 2.56 bits per heavy atom. The summed E-state index contributed by atoms with van der Waals surface area (Å²) in [4.78, 5) is 32.2. The van der Waals surface area contributed by atoms with Gasteiger partial charge in [0.1, 0.15) is 30.5 Å². The van der Waals surface area contributed by atoms with Gasteiger partial charge in [-0.25, -0.2) is 4.98 Å². The standard InChI is InChI=1S/C28H26N2O6/c1-2-3-14-34-20-10-7-18(8-11-20)25-24(27(32)28(33)30(25)23-6-4-5-13-29-23)26(31)19-9-12-21-22(17-19)36-16-15-35-21/h4-13,17,25,31H,2-3,14-16H2,1H3/b26-24+. The van der Waals surface area contributed by atoms with Crippen molar-refractivity contribution in [3.63, 3.8) is 0 Å². The first-order chi connectivity index (χ1) is 17.6. The van der Waals surface area contributed by atoms with E-state index in [0.29, 0.717) is 54.0 Å². The molecule has 1 unspecified atom stereocenters. The molecule has 1 saturated heterocycles. The van der Waals surface area contributed by atoms with Gasteiger partial charge in [-0.1, -0.05) is 31.5 Å². The van der Waals surface area contributed by atoms with E-state index in [4.69, 9.17) is 14.2 Å². The number of hydrogen-bond acceptors (Lipinski definition) is 7. The summed E-state index contributed by atoms with van der Waals surface area (Å²) >= 11 is 0. The molecule has 8 nitrogen and oxygen atoms in total. The molecule has 3 heterocycles. The molecule has 0 radical (unpaired) electrons. The Hall–Kier alpha value is -4.33. The third kappa shape index (κ3) is 4.37. The summed E-state index contributed by atoms with van der Waals surface area (Å²) in [7, 11) is 0. The summed E-state index contributed by atoms with van der Waals surface area (Å²) < 4.78 is 17.0. The Morgan fingerprint density at radius 2 is 1.83 bits per heavy atom. The molecule has 1 atom stereocenters. The van der Waals surface area contributed by atoms with Gasteiger partial charge < -0.3 is 19.3 Å². The number of ketones is 1. The highest BCUT2D eigenvalue weighted by atomic mass is 16.6. The van der Waals surface area contributed by atoms with Gasteiger partial charge >= 0.3 is 5.91 Å². The second-order valence-corrected chi connectivity index (χ2v) is 8.49. The van der Waals surface area contributed by atoms with Crippen molar-refractivity contribution < 1.29 is 28.9 Å². The summed E-state index contributed by atoms with van der Waals surface area (Å²) in [5.74, 6) is 0.179. The molecule has 2 aliphatic rings. The number of rotatable bonds is 7. The topological polar surface area (TPSA) is 98.2 Å². The summed E-state index contributed by atoms with van der Waals surface area (Å²) in [6.45, 7) is 3.51. The third-order valence-electron chi connectivity index (χ3n) is 6.12. The Balaban J connectivity index is 1.60. The summed E-state index contributed by atoms with van der Waals surface area (Å²) in [6, 6.07) is 16.4. The number of hydrogen-bond donors (Lipinski definition) is 1. The summed E-state index contributed by atoms with van der Waals surface area (Å²) in [6.07, 6.45) is 3.52. The van der Waals surface area contributed by atoms with Gasteiger partial charge in [0.2, 0.25) is 0 Å². The number of amides is 1. The van der Waals surface area contributed by atoms with Crippen LogP contribution < -0.4 is 19.1 Å². The zero-order valence-electron chi connectivity index (χ0n) is 19.8. The van der Waals surface area contributed by atoms with Crippen molar-refractivity contribution in [3.8, 4) is 17.2 Å². The largest absolute Gasteiger partial charge is 0.507 e. The van der Waals surface area contributed by atoms with E-state index in [0.717, 1.165) is 12.8 Å². The fourth-order valence-corrected chi connectivity index (χ4v) is 4.31. The first-order valence-electron chi connectivity index (χ1n) is 11.9.